The number of hydrogen-bond donors (Lipinski definition) is 2. The molecule has 2 N–H and O–H groups in total. The average molecular weight is 382 g/mol. The summed E-state index contributed by atoms with van der Waals surface area (Å²) in [7, 11) is 1.80. The van der Waals surface area contributed by atoms with E-state index in [1.54, 1.807) is 7.05 Å². The van der Waals surface area contributed by atoms with Gasteiger partial charge in [0.1, 0.15) is 5.60 Å². The van der Waals surface area contributed by atoms with Crippen molar-refractivity contribution in [3.63, 3.8) is 0 Å². The Labute approximate surface area is 164 Å². The first-order valence-electron chi connectivity index (χ1n) is 10.5. The normalized spacial score (nSPS) is 19.7. The molecule has 2 fully saturated rings. The van der Waals surface area contributed by atoms with Gasteiger partial charge in [-0.05, 0) is 59.4 Å². The summed E-state index contributed by atoms with van der Waals surface area (Å²) in [6, 6.07) is 0.800. The quantitative estimate of drug-likeness (QED) is 0.524. The Hall–Kier alpha value is -1.50. The monoisotopic (exact) mass is 381 g/mol. The van der Waals surface area contributed by atoms with Crippen molar-refractivity contribution in [2.75, 3.05) is 39.8 Å². The zero-order chi connectivity index (χ0) is 19.9. The molecule has 0 aromatic carbocycles. The topological polar surface area (TPSA) is 69.2 Å². The third-order valence-electron chi connectivity index (χ3n) is 4.95. The number of amides is 1. The molecule has 0 atom stereocenters. The summed E-state index contributed by atoms with van der Waals surface area (Å²) in [5, 5.41) is 6.89. The molecule has 0 radical (unpaired) electrons. The molecule has 0 spiro atoms. The number of carbonyl (C=O) groups is 1. The van der Waals surface area contributed by atoms with Crippen LogP contribution in [0.3, 0.4) is 0 Å². The summed E-state index contributed by atoms with van der Waals surface area (Å²) in [5.41, 5.74) is -0.456. The van der Waals surface area contributed by atoms with Crippen LogP contribution in [-0.2, 0) is 4.74 Å². The summed E-state index contributed by atoms with van der Waals surface area (Å²) >= 11 is 0. The molecule has 7 nitrogen and oxygen atoms in total. The molecule has 1 saturated heterocycles. The van der Waals surface area contributed by atoms with Crippen LogP contribution in [-0.4, -0.2) is 79.3 Å². The molecular weight excluding hydrogens is 342 g/mol. The van der Waals surface area contributed by atoms with Gasteiger partial charge < -0.3 is 25.2 Å². The summed E-state index contributed by atoms with van der Waals surface area (Å²) in [6.45, 7) is 12.8. The second-order valence-corrected chi connectivity index (χ2v) is 8.66. The molecule has 0 aromatic heterocycles. The van der Waals surface area contributed by atoms with E-state index in [0.717, 1.165) is 44.7 Å². The number of piperidine rings is 1. The van der Waals surface area contributed by atoms with E-state index in [-0.39, 0.29) is 6.09 Å². The van der Waals surface area contributed by atoms with Gasteiger partial charge in [-0.25, -0.2) is 4.79 Å². The second-order valence-electron chi connectivity index (χ2n) is 8.66. The van der Waals surface area contributed by atoms with Crippen LogP contribution in [0.25, 0.3) is 0 Å². The van der Waals surface area contributed by atoms with Crippen LogP contribution in [0.5, 0.6) is 0 Å². The summed E-state index contributed by atoms with van der Waals surface area (Å²) < 4.78 is 5.55. The number of hydrogen-bond acceptors (Lipinski definition) is 4. The fourth-order valence-corrected chi connectivity index (χ4v) is 3.43. The van der Waals surface area contributed by atoms with Crippen molar-refractivity contribution < 1.29 is 9.53 Å². The number of aliphatic imine (C=N–C) groups is 1. The third-order valence-corrected chi connectivity index (χ3v) is 4.95. The molecule has 1 aliphatic heterocycles. The lowest BCUT2D eigenvalue weighted by molar-refractivity contribution is 0.0237. The number of ether oxygens (including phenoxy) is 1. The van der Waals surface area contributed by atoms with Crippen LogP contribution < -0.4 is 10.6 Å². The lowest BCUT2D eigenvalue weighted by atomic mass is 10.1. The van der Waals surface area contributed by atoms with Gasteiger partial charge >= 0.3 is 6.09 Å². The molecule has 2 rings (SSSR count). The van der Waals surface area contributed by atoms with E-state index >= 15 is 0 Å². The Balaban J connectivity index is 1.72. The van der Waals surface area contributed by atoms with E-state index in [9.17, 15) is 4.79 Å². The lowest BCUT2D eigenvalue weighted by Crippen LogP contribution is -2.50. The first-order chi connectivity index (χ1) is 12.8. The SMILES string of the molecule is CCCN1CCC(NC(=NC)NCCN(C(=O)OC(C)(C)C)C2CC2)CC1. The molecule has 2 aliphatic rings. The van der Waals surface area contributed by atoms with Crippen LogP contribution in [0.2, 0.25) is 0 Å². The van der Waals surface area contributed by atoms with Crippen molar-refractivity contribution in [2.24, 2.45) is 4.99 Å². The zero-order valence-corrected chi connectivity index (χ0v) is 17.9. The van der Waals surface area contributed by atoms with Gasteiger partial charge in [-0.2, -0.15) is 0 Å². The Morgan fingerprint density at radius 1 is 1.22 bits per heavy atom. The summed E-state index contributed by atoms with van der Waals surface area (Å²) in [5.74, 6) is 0.823. The van der Waals surface area contributed by atoms with Crippen molar-refractivity contribution in [2.45, 2.75) is 77.5 Å². The first kappa shape index (κ1) is 21.8. The number of carbonyl (C=O) groups excluding carboxylic acids is 1. The minimum atomic E-state index is -0.456. The predicted octanol–water partition coefficient (Wildman–Crippen LogP) is 2.43. The van der Waals surface area contributed by atoms with Crippen molar-refractivity contribution in [3.8, 4) is 0 Å². The van der Waals surface area contributed by atoms with Crippen LogP contribution in [0, 0.1) is 0 Å². The van der Waals surface area contributed by atoms with E-state index in [2.05, 4.69) is 27.4 Å². The van der Waals surface area contributed by atoms with Crippen molar-refractivity contribution in [1.82, 2.24) is 20.4 Å². The maximum absolute atomic E-state index is 12.4. The van der Waals surface area contributed by atoms with Gasteiger partial charge in [-0.1, -0.05) is 6.92 Å². The minimum Gasteiger partial charge on any atom is -0.444 e. The molecule has 7 heteroatoms. The Morgan fingerprint density at radius 2 is 1.89 bits per heavy atom. The molecule has 1 heterocycles. The van der Waals surface area contributed by atoms with Gasteiger partial charge in [0.05, 0.1) is 0 Å². The molecule has 0 bridgehead atoms. The van der Waals surface area contributed by atoms with E-state index < -0.39 is 5.60 Å². The molecule has 0 aromatic rings. The molecular formula is C20H39N5O2. The third kappa shape index (κ3) is 7.95. The van der Waals surface area contributed by atoms with Crippen molar-refractivity contribution in [1.29, 1.82) is 0 Å². The maximum Gasteiger partial charge on any atom is 0.410 e. The number of likely N-dealkylation sites (tertiary alicyclic amines) is 1. The molecule has 27 heavy (non-hydrogen) atoms. The van der Waals surface area contributed by atoms with E-state index in [0.29, 0.717) is 25.2 Å². The van der Waals surface area contributed by atoms with Crippen molar-refractivity contribution in [3.05, 3.63) is 0 Å². The van der Waals surface area contributed by atoms with Gasteiger partial charge in [0, 0.05) is 45.3 Å². The van der Waals surface area contributed by atoms with Gasteiger partial charge in [0.25, 0.3) is 0 Å². The number of rotatable bonds is 7. The maximum atomic E-state index is 12.4. The van der Waals surface area contributed by atoms with Crippen LogP contribution in [0.1, 0.15) is 59.8 Å². The molecule has 1 aliphatic carbocycles. The number of guanidine groups is 1. The predicted molar refractivity (Wildman–Crippen MR) is 110 cm³/mol. The van der Waals surface area contributed by atoms with Gasteiger partial charge in [-0.3, -0.25) is 4.99 Å². The molecule has 156 valence electrons. The first-order valence-corrected chi connectivity index (χ1v) is 10.5. The Bertz CT molecular complexity index is 491. The standard InChI is InChI=1S/C20H39N5O2/c1-6-12-24-13-9-16(10-14-24)23-18(21-5)22-11-15-25(17-7-8-17)19(26)27-20(2,3)4/h16-17H,6-15H2,1-5H3,(H2,21,22,23). The van der Waals surface area contributed by atoms with Crippen LogP contribution in [0.15, 0.2) is 4.99 Å². The van der Waals surface area contributed by atoms with Crippen molar-refractivity contribution >= 4 is 12.1 Å². The highest BCUT2D eigenvalue weighted by atomic mass is 16.6. The van der Waals surface area contributed by atoms with Gasteiger partial charge in [0.15, 0.2) is 5.96 Å². The van der Waals surface area contributed by atoms with Crippen LogP contribution >= 0.6 is 0 Å². The minimum absolute atomic E-state index is 0.210. The number of nitrogens with zero attached hydrogens (tertiary/aromatic N) is 3. The van der Waals surface area contributed by atoms with E-state index in [1.807, 2.05) is 25.7 Å². The average Bonchev–Trinajstić information content (AvgIpc) is 3.42. The molecule has 1 amide bonds. The summed E-state index contributed by atoms with van der Waals surface area (Å²) in [6.07, 6.45) is 5.44. The number of nitrogens with one attached hydrogen (secondary N) is 2. The lowest BCUT2D eigenvalue weighted by Gasteiger charge is -2.33. The highest BCUT2D eigenvalue weighted by molar-refractivity contribution is 5.80. The smallest absolute Gasteiger partial charge is 0.410 e. The fraction of sp³-hybridized carbons (Fsp3) is 0.900. The molecule has 1 saturated carbocycles. The highest BCUT2D eigenvalue weighted by Gasteiger charge is 2.34. The summed E-state index contributed by atoms with van der Waals surface area (Å²) in [4.78, 5) is 21.1. The Morgan fingerprint density at radius 3 is 2.41 bits per heavy atom. The van der Waals surface area contributed by atoms with Gasteiger partial charge in [-0.15, -0.1) is 0 Å². The van der Waals surface area contributed by atoms with E-state index in [1.165, 1.54) is 13.0 Å². The zero-order valence-electron chi connectivity index (χ0n) is 17.9. The Kier molecular flexibility index (Phi) is 8.20. The fourth-order valence-electron chi connectivity index (χ4n) is 3.43. The molecule has 0 unspecified atom stereocenters. The largest absolute Gasteiger partial charge is 0.444 e. The highest BCUT2D eigenvalue weighted by Crippen LogP contribution is 2.28. The van der Waals surface area contributed by atoms with E-state index in [4.69, 9.17) is 4.74 Å². The second kappa shape index (κ2) is 10.2. The van der Waals surface area contributed by atoms with Crippen LogP contribution in [0.4, 0.5) is 4.79 Å². The van der Waals surface area contributed by atoms with Gasteiger partial charge in [0.2, 0.25) is 0 Å².